The molecule has 5 nitrogen and oxygen atoms in total. The van der Waals surface area contributed by atoms with Crippen molar-refractivity contribution < 1.29 is 9.26 Å². The normalized spacial score (nSPS) is 21.4. The van der Waals surface area contributed by atoms with Crippen molar-refractivity contribution in [2.24, 2.45) is 5.92 Å². The minimum absolute atomic E-state index is 0.00899. The zero-order chi connectivity index (χ0) is 18.1. The van der Waals surface area contributed by atoms with Gasteiger partial charge in [-0.05, 0) is 57.2 Å². The molecule has 0 amide bonds. The van der Waals surface area contributed by atoms with E-state index in [-0.39, 0.29) is 12.0 Å². The molecule has 4 rings (SSSR count). The predicted molar refractivity (Wildman–Crippen MR) is 97.5 cm³/mol. The molecule has 0 saturated heterocycles. The van der Waals surface area contributed by atoms with Crippen LogP contribution in [0.15, 0.2) is 46.5 Å². The lowest BCUT2D eigenvalue weighted by Gasteiger charge is -2.21. The largest absolute Gasteiger partial charge is 0.490 e. The van der Waals surface area contributed by atoms with Gasteiger partial charge in [-0.15, -0.1) is 0 Å². The number of hydrogen-bond acceptors (Lipinski definition) is 5. The van der Waals surface area contributed by atoms with Gasteiger partial charge in [-0.3, -0.25) is 0 Å². The minimum Gasteiger partial charge on any atom is -0.490 e. The molecule has 26 heavy (non-hydrogen) atoms. The number of fused-ring (bicyclic) bond motifs is 1. The van der Waals surface area contributed by atoms with Crippen molar-refractivity contribution in [3.63, 3.8) is 0 Å². The van der Waals surface area contributed by atoms with Crippen molar-refractivity contribution in [1.82, 2.24) is 10.1 Å². The average Bonchev–Trinajstić information content (AvgIpc) is 3.30. The molecule has 0 radical (unpaired) electrons. The summed E-state index contributed by atoms with van der Waals surface area (Å²) in [4.78, 5) is 4.62. The summed E-state index contributed by atoms with van der Waals surface area (Å²) in [7, 11) is 0. The zero-order valence-corrected chi connectivity index (χ0v) is 15.0. The Hall–Kier alpha value is -2.87. The van der Waals surface area contributed by atoms with Gasteiger partial charge < -0.3 is 9.26 Å². The van der Waals surface area contributed by atoms with E-state index >= 15 is 0 Å². The lowest BCUT2D eigenvalue weighted by Crippen LogP contribution is -2.13. The second kappa shape index (κ2) is 6.80. The van der Waals surface area contributed by atoms with Crippen LogP contribution in [0.5, 0.6) is 5.75 Å². The van der Waals surface area contributed by atoms with Gasteiger partial charge in [-0.25, -0.2) is 0 Å². The average molecular weight is 347 g/mol. The molecule has 1 aromatic carbocycles. The van der Waals surface area contributed by atoms with E-state index < -0.39 is 0 Å². The van der Waals surface area contributed by atoms with E-state index in [1.807, 2.05) is 19.9 Å². The van der Waals surface area contributed by atoms with E-state index in [4.69, 9.17) is 9.26 Å². The van der Waals surface area contributed by atoms with Crippen molar-refractivity contribution in [1.29, 1.82) is 5.26 Å². The van der Waals surface area contributed by atoms with Crippen LogP contribution in [0.1, 0.15) is 50.4 Å². The first-order valence-corrected chi connectivity index (χ1v) is 9.07. The molecule has 0 bridgehead atoms. The monoisotopic (exact) mass is 347 g/mol. The lowest BCUT2D eigenvalue weighted by molar-refractivity contribution is 0.242. The highest BCUT2D eigenvalue weighted by Gasteiger charge is 2.33. The molecule has 1 saturated carbocycles. The van der Waals surface area contributed by atoms with Crippen LogP contribution >= 0.6 is 0 Å². The smallest absolute Gasteiger partial charge is 0.257 e. The van der Waals surface area contributed by atoms with Crippen LogP contribution in [0.2, 0.25) is 0 Å². The van der Waals surface area contributed by atoms with Gasteiger partial charge in [0.2, 0.25) is 0 Å². The molecule has 2 unspecified atom stereocenters. The summed E-state index contributed by atoms with van der Waals surface area (Å²) in [6.07, 6.45) is 10.1. The van der Waals surface area contributed by atoms with Gasteiger partial charge in [0.25, 0.3) is 5.89 Å². The summed E-state index contributed by atoms with van der Waals surface area (Å²) in [6.45, 7) is 3.87. The Morgan fingerprint density at radius 3 is 3.04 bits per heavy atom. The standard InChI is InChI=1S/C21H21N3O2/c1-13(2)25-19-10-9-15(11-16(19)12-22)21-23-20(24-26-21)18-8-4-6-14-5-3-7-17(14)18/h4,6,8-11,13,17-18H,3,5,7H2,1-2H3. The van der Waals surface area contributed by atoms with E-state index in [0.717, 1.165) is 11.4 Å². The Bertz CT molecular complexity index is 918. The minimum atomic E-state index is 0.00899. The molecular weight excluding hydrogens is 326 g/mol. The van der Waals surface area contributed by atoms with Gasteiger partial charge in [0.05, 0.1) is 11.7 Å². The number of benzene rings is 1. The first kappa shape index (κ1) is 16.6. The molecule has 2 aromatic rings. The van der Waals surface area contributed by atoms with E-state index in [9.17, 15) is 5.26 Å². The van der Waals surface area contributed by atoms with Gasteiger partial charge in [0.15, 0.2) is 5.82 Å². The summed E-state index contributed by atoms with van der Waals surface area (Å²) < 4.78 is 11.2. The quantitative estimate of drug-likeness (QED) is 0.796. The lowest BCUT2D eigenvalue weighted by atomic mass is 9.83. The maximum Gasteiger partial charge on any atom is 0.257 e. The summed E-state index contributed by atoms with van der Waals surface area (Å²) in [5.74, 6) is 2.39. The molecular formula is C21H21N3O2. The molecule has 1 aromatic heterocycles. The number of rotatable bonds is 4. The molecule has 1 heterocycles. The van der Waals surface area contributed by atoms with Gasteiger partial charge in [-0.2, -0.15) is 10.2 Å². The number of hydrogen-bond donors (Lipinski definition) is 0. The van der Waals surface area contributed by atoms with Crippen LogP contribution in [-0.2, 0) is 0 Å². The third-order valence-corrected chi connectivity index (χ3v) is 4.97. The molecule has 0 aliphatic heterocycles. The fourth-order valence-electron chi connectivity index (χ4n) is 3.81. The summed E-state index contributed by atoms with van der Waals surface area (Å²) in [6, 6.07) is 7.56. The number of nitrogens with zero attached hydrogens (tertiary/aromatic N) is 3. The van der Waals surface area contributed by atoms with Gasteiger partial charge in [-0.1, -0.05) is 29.0 Å². The van der Waals surface area contributed by atoms with E-state index in [2.05, 4.69) is 34.4 Å². The van der Waals surface area contributed by atoms with Gasteiger partial charge >= 0.3 is 0 Å². The molecule has 2 atom stereocenters. The molecule has 2 aliphatic carbocycles. The predicted octanol–water partition coefficient (Wildman–Crippen LogP) is 4.78. The second-order valence-corrected chi connectivity index (χ2v) is 7.10. The Balaban J connectivity index is 1.61. The SMILES string of the molecule is CC(C)Oc1ccc(-c2nc(C3C=CC=C4CCCC43)no2)cc1C#N. The Morgan fingerprint density at radius 2 is 2.23 bits per heavy atom. The molecule has 1 fully saturated rings. The first-order valence-electron chi connectivity index (χ1n) is 9.07. The summed E-state index contributed by atoms with van der Waals surface area (Å²) in [5, 5.41) is 13.6. The summed E-state index contributed by atoms with van der Waals surface area (Å²) in [5.41, 5.74) is 2.69. The third kappa shape index (κ3) is 3.03. The number of ether oxygens (including phenoxy) is 1. The highest BCUT2D eigenvalue weighted by atomic mass is 16.5. The zero-order valence-electron chi connectivity index (χ0n) is 15.0. The maximum atomic E-state index is 9.40. The number of allylic oxidation sites excluding steroid dienone is 4. The van der Waals surface area contributed by atoms with Crippen LogP contribution < -0.4 is 4.74 Å². The van der Waals surface area contributed by atoms with Gasteiger partial charge in [0, 0.05) is 11.5 Å². The number of aromatic nitrogens is 2. The highest BCUT2D eigenvalue weighted by molar-refractivity contribution is 5.60. The number of nitriles is 1. The van der Waals surface area contributed by atoms with Crippen LogP contribution in [0, 0.1) is 17.2 Å². The maximum absolute atomic E-state index is 9.40. The van der Waals surface area contributed by atoms with Crippen molar-refractivity contribution >= 4 is 0 Å². The Labute approximate surface area is 153 Å². The molecule has 5 heteroatoms. The van der Waals surface area contributed by atoms with Crippen LogP contribution in [0.25, 0.3) is 11.5 Å². The molecule has 132 valence electrons. The Morgan fingerprint density at radius 1 is 1.35 bits per heavy atom. The molecule has 0 N–H and O–H groups in total. The fraction of sp³-hybridized carbons (Fsp3) is 0.381. The topological polar surface area (TPSA) is 71.9 Å². The van der Waals surface area contributed by atoms with Crippen molar-refractivity contribution in [3.05, 3.63) is 53.4 Å². The van der Waals surface area contributed by atoms with Crippen molar-refractivity contribution in [2.45, 2.75) is 45.1 Å². The van der Waals surface area contributed by atoms with E-state index in [0.29, 0.717) is 23.1 Å². The van der Waals surface area contributed by atoms with Gasteiger partial charge in [0.1, 0.15) is 11.8 Å². The highest BCUT2D eigenvalue weighted by Crippen LogP contribution is 2.43. The van der Waals surface area contributed by atoms with Crippen LogP contribution in [0.3, 0.4) is 0 Å². The van der Waals surface area contributed by atoms with E-state index in [1.54, 1.807) is 12.1 Å². The molecule has 2 aliphatic rings. The second-order valence-electron chi connectivity index (χ2n) is 7.10. The Kier molecular flexibility index (Phi) is 4.34. The fourth-order valence-corrected chi connectivity index (χ4v) is 3.81. The van der Waals surface area contributed by atoms with Crippen molar-refractivity contribution in [2.75, 3.05) is 0 Å². The summed E-state index contributed by atoms with van der Waals surface area (Å²) >= 11 is 0. The van der Waals surface area contributed by atoms with E-state index in [1.165, 1.54) is 24.8 Å². The van der Waals surface area contributed by atoms with Crippen LogP contribution in [-0.4, -0.2) is 16.2 Å². The third-order valence-electron chi connectivity index (χ3n) is 4.97. The van der Waals surface area contributed by atoms with Crippen LogP contribution in [0.4, 0.5) is 0 Å². The molecule has 0 spiro atoms. The van der Waals surface area contributed by atoms with Crippen molar-refractivity contribution in [3.8, 4) is 23.3 Å². The first-order chi connectivity index (χ1) is 12.7.